The van der Waals surface area contributed by atoms with E-state index in [-0.39, 0.29) is 0 Å². The van der Waals surface area contributed by atoms with Crippen LogP contribution < -0.4 is 5.32 Å². The van der Waals surface area contributed by atoms with Crippen molar-refractivity contribution in [3.63, 3.8) is 0 Å². The summed E-state index contributed by atoms with van der Waals surface area (Å²) in [4.78, 5) is 0. The van der Waals surface area contributed by atoms with Crippen LogP contribution in [0.25, 0.3) is 0 Å². The van der Waals surface area contributed by atoms with Crippen molar-refractivity contribution in [1.29, 1.82) is 0 Å². The van der Waals surface area contributed by atoms with Crippen LogP contribution in [0.15, 0.2) is 0 Å². The molecule has 96 valence electrons. The van der Waals surface area contributed by atoms with E-state index in [4.69, 9.17) is 0 Å². The summed E-state index contributed by atoms with van der Waals surface area (Å²) in [7, 11) is 2.02. The van der Waals surface area contributed by atoms with Crippen molar-refractivity contribution < 1.29 is 0 Å². The SMILES string of the molecule is CCC1CCC(Nc2c(C)nn(C)c2C)CC1. The van der Waals surface area contributed by atoms with Crippen molar-refractivity contribution in [2.75, 3.05) is 5.32 Å². The van der Waals surface area contributed by atoms with Gasteiger partial charge in [-0.05, 0) is 45.4 Å². The highest BCUT2D eigenvalue weighted by atomic mass is 15.3. The molecule has 1 aromatic heterocycles. The van der Waals surface area contributed by atoms with E-state index < -0.39 is 0 Å². The quantitative estimate of drug-likeness (QED) is 0.870. The summed E-state index contributed by atoms with van der Waals surface area (Å²) in [5, 5.41) is 8.16. The molecule has 0 aromatic carbocycles. The fraction of sp³-hybridized carbons (Fsp3) is 0.786. The van der Waals surface area contributed by atoms with E-state index >= 15 is 0 Å². The van der Waals surface area contributed by atoms with Crippen LogP contribution in [0, 0.1) is 19.8 Å². The molecule has 0 saturated heterocycles. The van der Waals surface area contributed by atoms with Crippen molar-refractivity contribution in [3.8, 4) is 0 Å². The Bertz CT molecular complexity index is 373. The van der Waals surface area contributed by atoms with E-state index in [0.29, 0.717) is 6.04 Å². The molecule has 3 nitrogen and oxygen atoms in total. The van der Waals surface area contributed by atoms with E-state index in [1.807, 2.05) is 11.7 Å². The lowest BCUT2D eigenvalue weighted by molar-refractivity contribution is 0.330. The first-order valence-corrected chi connectivity index (χ1v) is 6.88. The molecule has 1 fully saturated rings. The van der Waals surface area contributed by atoms with Gasteiger partial charge in [-0.15, -0.1) is 0 Å². The van der Waals surface area contributed by atoms with Crippen LogP contribution >= 0.6 is 0 Å². The average Bonchev–Trinajstić information content (AvgIpc) is 2.57. The number of hydrogen-bond donors (Lipinski definition) is 1. The number of nitrogens with one attached hydrogen (secondary N) is 1. The molecule has 0 radical (unpaired) electrons. The Kier molecular flexibility index (Phi) is 3.75. The standard InChI is InChI=1S/C14H25N3/c1-5-12-6-8-13(9-7-12)15-14-10(2)16-17(4)11(14)3/h12-13,15H,5-9H2,1-4H3. The third kappa shape index (κ3) is 2.64. The van der Waals surface area contributed by atoms with Gasteiger partial charge in [-0.1, -0.05) is 13.3 Å². The Hall–Kier alpha value is -0.990. The van der Waals surface area contributed by atoms with Crippen LogP contribution in [-0.2, 0) is 7.05 Å². The van der Waals surface area contributed by atoms with Crippen LogP contribution in [0.5, 0.6) is 0 Å². The minimum atomic E-state index is 0.652. The van der Waals surface area contributed by atoms with Crippen molar-refractivity contribution in [2.45, 2.75) is 58.9 Å². The third-order valence-corrected chi connectivity index (χ3v) is 4.28. The molecule has 1 heterocycles. The molecule has 1 aromatic rings. The summed E-state index contributed by atoms with van der Waals surface area (Å²) in [6.45, 7) is 6.54. The Morgan fingerprint density at radius 1 is 1.24 bits per heavy atom. The van der Waals surface area contributed by atoms with E-state index in [1.54, 1.807) is 0 Å². The smallest absolute Gasteiger partial charge is 0.0827 e. The minimum Gasteiger partial charge on any atom is -0.379 e. The lowest BCUT2D eigenvalue weighted by Crippen LogP contribution is -2.26. The number of aryl methyl sites for hydroxylation is 2. The first-order valence-electron chi connectivity index (χ1n) is 6.88. The molecule has 0 spiro atoms. The molecule has 3 heteroatoms. The maximum Gasteiger partial charge on any atom is 0.0827 e. The molecular formula is C14H25N3. The highest BCUT2D eigenvalue weighted by Crippen LogP contribution is 2.30. The molecule has 1 saturated carbocycles. The average molecular weight is 235 g/mol. The molecule has 17 heavy (non-hydrogen) atoms. The zero-order chi connectivity index (χ0) is 12.4. The van der Waals surface area contributed by atoms with Gasteiger partial charge in [0.25, 0.3) is 0 Å². The molecule has 0 bridgehead atoms. The van der Waals surface area contributed by atoms with Crippen molar-refractivity contribution in [3.05, 3.63) is 11.4 Å². The summed E-state index contributed by atoms with van der Waals surface area (Å²) in [6, 6.07) is 0.652. The van der Waals surface area contributed by atoms with E-state index in [9.17, 15) is 0 Å². The number of aromatic nitrogens is 2. The monoisotopic (exact) mass is 235 g/mol. The van der Waals surface area contributed by atoms with Gasteiger partial charge in [-0.3, -0.25) is 4.68 Å². The van der Waals surface area contributed by atoms with Crippen molar-refractivity contribution in [2.24, 2.45) is 13.0 Å². The second-order valence-electron chi connectivity index (χ2n) is 5.44. The van der Waals surface area contributed by atoms with Gasteiger partial charge in [0.05, 0.1) is 17.1 Å². The van der Waals surface area contributed by atoms with Gasteiger partial charge in [0.2, 0.25) is 0 Å². The van der Waals surface area contributed by atoms with Crippen molar-refractivity contribution >= 4 is 5.69 Å². The first-order chi connectivity index (χ1) is 8.11. The zero-order valence-corrected chi connectivity index (χ0v) is 11.6. The predicted molar refractivity (Wildman–Crippen MR) is 72.3 cm³/mol. The van der Waals surface area contributed by atoms with Crippen LogP contribution in [-0.4, -0.2) is 15.8 Å². The summed E-state index contributed by atoms with van der Waals surface area (Å²) in [6.07, 6.45) is 6.73. The highest BCUT2D eigenvalue weighted by molar-refractivity contribution is 5.52. The number of hydrogen-bond acceptors (Lipinski definition) is 2. The Morgan fingerprint density at radius 2 is 1.88 bits per heavy atom. The van der Waals surface area contributed by atoms with Gasteiger partial charge in [0.1, 0.15) is 0 Å². The van der Waals surface area contributed by atoms with Crippen LogP contribution in [0.2, 0.25) is 0 Å². The van der Waals surface area contributed by atoms with Crippen LogP contribution in [0.1, 0.15) is 50.4 Å². The molecule has 1 N–H and O–H groups in total. The lowest BCUT2D eigenvalue weighted by atomic mass is 9.84. The van der Waals surface area contributed by atoms with E-state index in [0.717, 1.165) is 11.6 Å². The largest absolute Gasteiger partial charge is 0.379 e. The summed E-state index contributed by atoms with van der Waals surface area (Å²) in [5.74, 6) is 0.962. The topological polar surface area (TPSA) is 29.9 Å². The molecule has 0 amide bonds. The summed E-state index contributed by atoms with van der Waals surface area (Å²) in [5.41, 5.74) is 3.63. The second-order valence-corrected chi connectivity index (χ2v) is 5.44. The maximum atomic E-state index is 4.46. The van der Waals surface area contributed by atoms with Gasteiger partial charge in [0.15, 0.2) is 0 Å². The van der Waals surface area contributed by atoms with Crippen LogP contribution in [0.3, 0.4) is 0 Å². The molecule has 0 unspecified atom stereocenters. The lowest BCUT2D eigenvalue weighted by Gasteiger charge is -2.29. The molecule has 0 atom stereocenters. The highest BCUT2D eigenvalue weighted by Gasteiger charge is 2.21. The Labute approximate surface area is 105 Å². The fourth-order valence-electron chi connectivity index (χ4n) is 2.90. The molecule has 2 rings (SSSR count). The van der Waals surface area contributed by atoms with Gasteiger partial charge >= 0.3 is 0 Å². The first kappa shape index (κ1) is 12.5. The molecule has 0 aliphatic heterocycles. The number of anilines is 1. The van der Waals surface area contributed by atoms with E-state index in [2.05, 4.69) is 31.2 Å². The zero-order valence-electron chi connectivity index (χ0n) is 11.6. The second kappa shape index (κ2) is 5.11. The minimum absolute atomic E-state index is 0.652. The van der Waals surface area contributed by atoms with Gasteiger partial charge in [-0.25, -0.2) is 0 Å². The number of rotatable bonds is 3. The normalized spacial score (nSPS) is 24.9. The van der Waals surface area contributed by atoms with E-state index in [1.165, 1.54) is 43.5 Å². The van der Waals surface area contributed by atoms with Gasteiger partial charge in [-0.2, -0.15) is 5.10 Å². The maximum absolute atomic E-state index is 4.46. The summed E-state index contributed by atoms with van der Waals surface area (Å²) < 4.78 is 1.97. The van der Waals surface area contributed by atoms with Crippen molar-refractivity contribution in [1.82, 2.24) is 9.78 Å². The Balaban J connectivity index is 1.98. The fourth-order valence-corrected chi connectivity index (χ4v) is 2.90. The predicted octanol–water partition coefficient (Wildman–Crippen LogP) is 3.42. The van der Waals surface area contributed by atoms with Crippen LogP contribution in [0.4, 0.5) is 5.69 Å². The third-order valence-electron chi connectivity index (χ3n) is 4.28. The Morgan fingerprint density at radius 3 is 2.35 bits per heavy atom. The van der Waals surface area contributed by atoms with Gasteiger partial charge in [0, 0.05) is 13.1 Å². The molecular weight excluding hydrogens is 210 g/mol. The molecule has 1 aliphatic rings. The molecule has 1 aliphatic carbocycles. The summed E-state index contributed by atoms with van der Waals surface area (Å²) >= 11 is 0. The number of nitrogens with zero attached hydrogens (tertiary/aromatic N) is 2. The van der Waals surface area contributed by atoms with Gasteiger partial charge < -0.3 is 5.32 Å².